The monoisotopic (exact) mass is 421 g/mol. The molecule has 3 aromatic rings. The van der Waals surface area contributed by atoms with Gasteiger partial charge < -0.3 is 10.2 Å². The van der Waals surface area contributed by atoms with E-state index in [4.69, 9.17) is 0 Å². The summed E-state index contributed by atoms with van der Waals surface area (Å²) in [6, 6.07) is 18.2. The van der Waals surface area contributed by atoms with Gasteiger partial charge in [-0.2, -0.15) is 0 Å². The third-order valence-electron chi connectivity index (χ3n) is 6.01. The van der Waals surface area contributed by atoms with E-state index in [-0.39, 0.29) is 11.8 Å². The molecule has 0 aliphatic carbocycles. The molecular weight excluding hydrogens is 394 g/mol. The van der Waals surface area contributed by atoms with Crippen molar-refractivity contribution in [2.45, 2.75) is 38.0 Å². The number of aryl methyl sites for hydroxylation is 1. The number of carbonyl (C=O) groups is 2. The molecule has 0 saturated carbocycles. The highest BCUT2D eigenvalue weighted by atomic mass is 32.1. The maximum Gasteiger partial charge on any atom is 0.230 e. The predicted molar refractivity (Wildman–Crippen MR) is 121 cm³/mol. The Morgan fingerprint density at radius 1 is 1.07 bits per heavy atom. The van der Waals surface area contributed by atoms with Gasteiger partial charge in [0.1, 0.15) is 0 Å². The van der Waals surface area contributed by atoms with E-state index in [1.54, 1.807) is 18.3 Å². The van der Waals surface area contributed by atoms with Crippen LogP contribution < -0.4 is 5.32 Å². The molecule has 1 saturated heterocycles. The highest BCUT2D eigenvalue weighted by Gasteiger charge is 2.43. The third-order valence-corrected chi connectivity index (χ3v) is 7.11. The van der Waals surface area contributed by atoms with Crippen molar-refractivity contribution in [3.63, 3.8) is 0 Å². The summed E-state index contributed by atoms with van der Waals surface area (Å²) >= 11 is 1.72. The molecule has 1 aromatic heterocycles. The number of nitrogens with one attached hydrogen (secondary N) is 1. The van der Waals surface area contributed by atoms with E-state index in [1.807, 2.05) is 53.4 Å². The number of benzene rings is 2. The Balaban J connectivity index is 1.39. The van der Waals surface area contributed by atoms with Crippen molar-refractivity contribution in [1.82, 2.24) is 15.2 Å². The minimum Gasteiger partial charge on any atom is -0.355 e. The van der Waals surface area contributed by atoms with Crippen LogP contribution in [0.2, 0.25) is 0 Å². The average Bonchev–Trinajstić information content (AvgIpc) is 3.20. The van der Waals surface area contributed by atoms with Crippen LogP contribution in [0.25, 0.3) is 10.2 Å². The highest BCUT2D eigenvalue weighted by molar-refractivity contribution is 7.18. The Morgan fingerprint density at radius 2 is 1.77 bits per heavy atom. The second-order valence-corrected chi connectivity index (χ2v) is 9.00. The van der Waals surface area contributed by atoms with Crippen molar-refractivity contribution in [3.05, 3.63) is 65.2 Å². The molecule has 2 aromatic carbocycles. The summed E-state index contributed by atoms with van der Waals surface area (Å²) in [4.78, 5) is 31.6. The van der Waals surface area contributed by atoms with Gasteiger partial charge in [-0.25, -0.2) is 4.98 Å². The normalized spacial score (nSPS) is 15.8. The number of likely N-dealkylation sites (tertiary alicyclic amines) is 1. The van der Waals surface area contributed by atoms with Gasteiger partial charge in [0.25, 0.3) is 0 Å². The fourth-order valence-corrected chi connectivity index (χ4v) is 5.25. The van der Waals surface area contributed by atoms with E-state index in [9.17, 15) is 9.59 Å². The number of carbonyl (C=O) groups excluding carboxylic acids is 2. The van der Waals surface area contributed by atoms with E-state index < -0.39 is 5.41 Å². The van der Waals surface area contributed by atoms with Crippen molar-refractivity contribution in [2.24, 2.45) is 0 Å². The fraction of sp³-hybridized carbons (Fsp3) is 0.375. The maximum atomic E-state index is 13.3. The maximum absolute atomic E-state index is 13.3. The van der Waals surface area contributed by atoms with Gasteiger partial charge in [0.15, 0.2) is 0 Å². The second kappa shape index (κ2) is 8.96. The molecule has 5 nitrogen and oxygen atoms in total. The van der Waals surface area contributed by atoms with Crippen LogP contribution in [0.4, 0.5) is 0 Å². The summed E-state index contributed by atoms with van der Waals surface area (Å²) in [6.45, 7) is 3.45. The summed E-state index contributed by atoms with van der Waals surface area (Å²) in [5.41, 5.74) is 1.52. The Bertz CT molecular complexity index is 990. The Labute approximate surface area is 181 Å². The van der Waals surface area contributed by atoms with Crippen molar-refractivity contribution in [2.75, 3.05) is 19.6 Å². The van der Waals surface area contributed by atoms with E-state index in [1.165, 1.54) is 4.70 Å². The molecule has 30 heavy (non-hydrogen) atoms. The Kier molecular flexibility index (Phi) is 6.13. The van der Waals surface area contributed by atoms with Crippen LogP contribution in [-0.2, 0) is 21.4 Å². The van der Waals surface area contributed by atoms with Crippen LogP contribution >= 0.6 is 11.3 Å². The van der Waals surface area contributed by atoms with Gasteiger partial charge in [-0.1, -0.05) is 42.5 Å². The largest absolute Gasteiger partial charge is 0.355 e. The van der Waals surface area contributed by atoms with Gasteiger partial charge in [-0.05, 0) is 37.0 Å². The predicted octanol–water partition coefficient (Wildman–Crippen LogP) is 3.93. The quantitative estimate of drug-likeness (QED) is 0.614. The zero-order valence-corrected chi connectivity index (χ0v) is 18.1. The van der Waals surface area contributed by atoms with E-state index in [0.717, 1.165) is 28.9 Å². The smallest absolute Gasteiger partial charge is 0.230 e. The zero-order valence-electron chi connectivity index (χ0n) is 17.3. The molecular formula is C24H27N3O2S. The number of thiazole rings is 1. The van der Waals surface area contributed by atoms with E-state index >= 15 is 0 Å². The van der Waals surface area contributed by atoms with Crippen molar-refractivity contribution in [3.8, 4) is 0 Å². The lowest BCUT2D eigenvalue weighted by atomic mass is 9.72. The van der Waals surface area contributed by atoms with Crippen LogP contribution in [0.3, 0.4) is 0 Å². The van der Waals surface area contributed by atoms with Crippen LogP contribution in [0.15, 0.2) is 54.6 Å². The average molecular weight is 422 g/mol. The first kappa shape index (κ1) is 20.5. The Hall–Kier alpha value is -2.73. The van der Waals surface area contributed by atoms with Crippen molar-refractivity contribution in [1.29, 1.82) is 0 Å². The molecule has 0 atom stereocenters. The molecule has 0 spiro atoms. The minimum absolute atomic E-state index is 0.0706. The lowest BCUT2D eigenvalue weighted by molar-refractivity contribution is -0.135. The molecule has 1 aliphatic heterocycles. The third kappa shape index (κ3) is 4.24. The van der Waals surface area contributed by atoms with E-state index in [2.05, 4.69) is 16.4 Å². The van der Waals surface area contributed by atoms with Crippen LogP contribution in [-0.4, -0.2) is 41.3 Å². The number of fused-ring (bicyclic) bond motifs is 1. The molecule has 0 unspecified atom stereocenters. The SMILES string of the molecule is CC(=O)N1CCC(C(=O)NCCCc2nc3ccccc3s2)(c2ccccc2)CC1. The van der Waals surface area contributed by atoms with Crippen LogP contribution in [0, 0.1) is 0 Å². The standard InChI is InChI=1S/C24H27N3O2S/c1-18(28)27-16-13-24(14-17-27,19-8-3-2-4-9-19)23(29)25-15-7-12-22-26-20-10-5-6-11-21(20)30-22/h2-6,8-11H,7,12-17H2,1H3,(H,25,29). The molecule has 1 aliphatic rings. The van der Waals surface area contributed by atoms with Gasteiger partial charge in [0.2, 0.25) is 11.8 Å². The fourth-order valence-electron chi connectivity index (χ4n) is 4.24. The number of hydrogen-bond donors (Lipinski definition) is 1. The first-order valence-corrected chi connectivity index (χ1v) is 11.3. The van der Waals surface area contributed by atoms with Crippen molar-refractivity contribution < 1.29 is 9.59 Å². The Morgan fingerprint density at radius 3 is 2.47 bits per heavy atom. The number of aromatic nitrogens is 1. The van der Waals surface area contributed by atoms with Gasteiger partial charge >= 0.3 is 0 Å². The summed E-state index contributed by atoms with van der Waals surface area (Å²) in [6.07, 6.45) is 3.02. The molecule has 156 valence electrons. The summed E-state index contributed by atoms with van der Waals surface area (Å²) < 4.78 is 1.21. The molecule has 1 N–H and O–H groups in total. The van der Waals surface area contributed by atoms with Gasteiger partial charge in [-0.3, -0.25) is 9.59 Å². The van der Waals surface area contributed by atoms with Gasteiger partial charge in [0.05, 0.1) is 20.6 Å². The summed E-state index contributed by atoms with van der Waals surface area (Å²) in [5, 5.41) is 4.28. The number of nitrogens with zero attached hydrogens (tertiary/aromatic N) is 2. The number of amides is 2. The summed E-state index contributed by atoms with van der Waals surface area (Å²) in [5.74, 6) is 0.147. The summed E-state index contributed by atoms with van der Waals surface area (Å²) in [7, 11) is 0. The molecule has 0 radical (unpaired) electrons. The topological polar surface area (TPSA) is 62.3 Å². The molecule has 0 bridgehead atoms. The number of hydrogen-bond acceptors (Lipinski definition) is 4. The molecule has 4 rings (SSSR count). The highest BCUT2D eigenvalue weighted by Crippen LogP contribution is 2.36. The van der Waals surface area contributed by atoms with Crippen molar-refractivity contribution >= 4 is 33.4 Å². The zero-order chi connectivity index (χ0) is 21.0. The van der Waals surface area contributed by atoms with Crippen LogP contribution in [0.5, 0.6) is 0 Å². The van der Waals surface area contributed by atoms with Crippen LogP contribution in [0.1, 0.15) is 36.8 Å². The second-order valence-electron chi connectivity index (χ2n) is 7.89. The lowest BCUT2D eigenvalue weighted by Gasteiger charge is -2.40. The minimum atomic E-state index is -0.566. The molecule has 6 heteroatoms. The van der Waals surface area contributed by atoms with E-state index in [0.29, 0.717) is 32.5 Å². The lowest BCUT2D eigenvalue weighted by Crippen LogP contribution is -2.52. The number of piperidine rings is 1. The first-order valence-electron chi connectivity index (χ1n) is 10.5. The molecule has 1 fully saturated rings. The molecule has 2 amide bonds. The number of rotatable bonds is 6. The van der Waals surface area contributed by atoms with Gasteiger partial charge in [0, 0.05) is 33.0 Å². The number of para-hydroxylation sites is 1. The first-order chi connectivity index (χ1) is 14.6. The van der Waals surface area contributed by atoms with Gasteiger partial charge in [-0.15, -0.1) is 11.3 Å². The molecule has 2 heterocycles.